The average molecular weight is 539 g/mol. The summed E-state index contributed by atoms with van der Waals surface area (Å²) in [7, 11) is 3.88. The van der Waals surface area contributed by atoms with E-state index in [1.165, 1.54) is 4.88 Å². The van der Waals surface area contributed by atoms with Gasteiger partial charge in [-0.25, -0.2) is 0 Å². The minimum absolute atomic E-state index is 0.0705. The van der Waals surface area contributed by atoms with Gasteiger partial charge in [0.05, 0.1) is 23.8 Å². The molecule has 1 aliphatic heterocycles. The number of aromatic nitrogens is 3. The zero-order valence-corrected chi connectivity index (χ0v) is 23.5. The first-order valence-electron chi connectivity index (χ1n) is 12.8. The van der Waals surface area contributed by atoms with Crippen LogP contribution < -0.4 is 0 Å². The second-order valence-electron chi connectivity index (χ2n) is 9.90. The Kier molecular flexibility index (Phi) is 7.42. The summed E-state index contributed by atoms with van der Waals surface area (Å²) in [5.74, 6) is 1.07. The molecule has 5 rings (SSSR count). The lowest BCUT2D eigenvalue weighted by Crippen LogP contribution is -2.21. The zero-order valence-electron chi connectivity index (χ0n) is 22.7. The van der Waals surface area contributed by atoms with Crippen LogP contribution in [-0.2, 0) is 9.53 Å². The van der Waals surface area contributed by atoms with Gasteiger partial charge in [0.2, 0.25) is 0 Å². The molecule has 0 N–H and O–H groups in total. The highest BCUT2D eigenvalue weighted by atomic mass is 32.1. The summed E-state index contributed by atoms with van der Waals surface area (Å²) in [5, 5.41) is 19.1. The number of thiophene rings is 1. The number of rotatable bonds is 7. The molecule has 198 valence electrons. The minimum Gasteiger partial charge on any atom is -0.464 e. The van der Waals surface area contributed by atoms with E-state index in [2.05, 4.69) is 42.2 Å². The maximum absolute atomic E-state index is 12.9. The van der Waals surface area contributed by atoms with Gasteiger partial charge in [-0.1, -0.05) is 36.4 Å². The lowest BCUT2D eigenvalue weighted by Gasteiger charge is -2.14. The van der Waals surface area contributed by atoms with Crippen molar-refractivity contribution in [3.05, 3.63) is 87.3 Å². The molecule has 8 nitrogen and oxygen atoms in total. The fourth-order valence-corrected chi connectivity index (χ4v) is 5.89. The van der Waals surface area contributed by atoms with Crippen LogP contribution in [0.3, 0.4) is 0 Å². The average Bonchev–Trinajstić information content (AvgIpc) is 3.40. The van der Waals surface area contributed by atoms with Crippen molar-refractivity contribution in [2.75, 3.05) is 27.2 Å². The van der Waals surface area contributed by atoms with Gasteiger partial charge in [0.1, 0.15) is 23.5 Å². The number of aliphatic imine (C=N–C) groups is 1. The Bertz CT molecular complexity index is 1610. The second-order valence-corrected chi connectivity index (χ2v) is 11.1. The van der Waals surface area contributed by atoms with Crippen LogP contribution in [0.25, 0.3) is 16.1 Å². The Morgan fingerprint density at radius 1 is 1.08 bits per heavy atom. The summed E-state index contributed by atoms with van der Waals surface area (Å²) >= 11 is 1.68. The third-order valence-corrected chi connectivity index (χ3v) is 8.08. The third-order valence-electron chi connectivity index (χ3n) is 6.88. The molecule has 3 heterocycles. The molecule has 1 aliphatic rings. The number of fused-ring (bicyclic) bond motifs is 3. The molecular weight excluding hydrogens is 508 g/mol. The maximum Gasteiger partial charge on any atom is 0.308 e. The summed E-state index contributed by atoms with van der Waals surface area (Å²) in [5.41, 5.74) is 6.55. The standard InChI is InChI=1S/C30H30N6O2S/c1-18-19(2)39-30-27(18)28(23-11-9-22(10-12-23)24-8-6-7-21(15-24)17-31)32-25(29-34-33-20(3)36(29)30)16-26(37)38-14-13-35(4)5/h6-12,15,25H,13-14,16H2,1-5H3/t25-/m0/s1. The summed E-state index contributed by atoms with van der Waals surface area (Å²) < 4.78 is 7.55. The Morgan fingerprint density at radius 3 is 2.54 bits per heavy atom. The van der Waals surface area contributed by atoms with Gasteiger partial charge in [0.25, 0.3) is 0 Å². The van der Waals surface area contributed by atoms with Crippen LogP contribution in [-0.4, -0.2) is 58.6 Å². The Labute approximate surface area is 232 Å². The van der Waals surface area contributed by atoms with E-state index in [4.69, 9.17) is 9.73 Å². The monoisotopic (exact) mass is 538 g/mol. The Hall–Kier alpha value is -4.13. The molecule has 1 atom stereocenters. The van der Waals surface area contributed by atoms with Crippen LogP contribution in [0.4, 0.5) is 0 Å². The number of carbonyl (C=O) groups excluding carboxylic acids is 1. The number of likely N-dealkylation sites (N-methyl/N-ethyl adjacent to an activating group) is 1. The van der Waals surface area contributed by atoms with Gasteiger partial charge >= 0.3 is 5.97 Å². The molecule has 0 aliphatic carbocycles. The molecule has 0 saturated heterocycles. The van der Waals surface area contributed by atoms with Crippen molar-refractivity contribution in [2.24, 2.45) is 4.99 Å². The lowest BCUT2D eigenvalue weighted by molar-refractivity contribution is -0.144. The van der Waals surface area contributed by atoms with Gasteiger partial charge in [-0.15, -0.1) is 21.5 Å². The number of benzene rings is 2. The number of ether oxygens (including phenoxy) is 1. The second kappa shape index (κ2) is 10.9. The Balaban J connectivity index is 1.58. The van der Waals surface area contributed by atoms with E-state index in [0.717, 1.165) is 44.4 Å². The maximum atomic E-state index is 12.9. The minimum atomic E-state index is -0.542. The molecule has 0 bridgehead atoms. The van der Waals surface area contributed by atoms with Crippen LogP contribution in [0.15, 0.2) is 53.5 Å². The SMILES string of the molecule is Cc1sc2c(c1C)C(c1ccc(-c3cccc(C#N)c3)cc1)=N[C@@H](CC(=O)OCCN(C)C)c1nnc(C)n1-2. The van der Waals surface area contributed by atoms with Crippen LogP contribution in [0, 0.1) is 32.1 Å². The molecule has 0 unspecified atom stereocenters. The highest BCUT2D eigenvalue weighted by Gasteiger charge is 2.32. The molecule has 39 heavy (non-hydrogen) atoms. The quantitative estimate of drug-likeness (QED) is 0.301. The van der Waals surface area contributed by atoms with Crippen molar-refractivity contribution in [3.63, 3.8) is 0 Å². The van der Waals surface area contributed by atoms with Gasteiger partial charge in [0.15, 0.2) is 5.82 Å². The van der Waals surface area contributed by atoms with Crippen molar-refractivity contribution in [1.82, 2.24) is 19.7 Å². The van der Waals surface area contributed by atoms with E-state index in [9.17, 15) is 10.1 Å². The fraction of sp³-hybridized carbons (Fsp3) is 0.300. The van der Waals surface area contributed by atoms with Gasteiger partial charge in [-0.2, -0.15) is 5.26 Å². The van der Waals surface area contributed by atoms with Crippen molar-refractivity contribution in [1.29, 1.82) is 5.26 Å². The third kappa shape index (κ3) is 5.26. The van der Waals surface area contributed by atoms with Crippen molar-refractivity contribution in [2.45, 2.75) is 33.2 Å². The summed E-state index contributed by atoms with van der Waals surface area (Å²) in [6, 6.07) is 17.4. The van der Waals surface area contributed by atoms with E-state index in [1.807, 2.05) is 60.8 Å². The summed E-state index contributed by atoms with van der Waals surface area (Å²) in [6.45, 7) is 7.11. The van der Waals surface area contributed by atoms with Crippen molar-refractivity contribution >= 4 is 23.0 Å². The largest absolute Gasteiger partial charge is 0.464 e. The highest BCUT2D eigenvalue weighted by molar-refractivity contribution is 7.15. The van der Waals surface area contributed by atoms with E-state index in [1.54, 1.807) is 17.4 Å². The number of nitriles is 1. The van der Waals surface area contributed by atoms with Crippen LogP contribution in [0.1, 0.15) is 51.2 Å². The first-order valence-corrected chi connectivity index (χ1v) is 13.6. The van der Waals surface area contributed by atoms with Crippen molar-refractivity contribution in [3.8, 4) is 22.2 Å². The smallest absolute Gasteiger partial charge is 0.308 e. The number of aryl methyl sites for hydroxylation is 2. The molecule has 2 aromatic carbocycles. The number of hydrogen-bond acceptors (Lipinski definition) is 8. The predicted octanol–water partition coefficient (Wildman–Crippen LogP) is 5.18. The first-order chi connectivity index (χ1) is 18.8. The van der Waals surface area contributed by atoms with E-state index >= 15 is 0 Å². The lowest BCUT2D eigenvalue weighted by atomic mass is 9.96. The number of esters is 1. The predicted molar refractivity (Wildman–Crippen MR) is 153 cm³/mol. The highest BCUT2D eigenvalue weighted by Crippen LogP contribution is 2.39. The topological polar surface area (TPSA) is 96.4 Å². The van der Waals surface area contributed by atoms with E-state index < -0.39 is 6.04 Å². The Morgan fingerprint density at radius 2 is 1.82 bits per heavy atom. The van der Waals surface area contributed by atoms with Gasteiger partial charge < -0.3 is 9.64 Å². The van der Waals surface area contributed by atoms with Gasteiger partial charge in [-0.05, 0) is 63.7 Å². The molecular formula is C30H30N6O2S. The van der Waals surface area contributed by atoms with E-state index in [0.29, 0.717) is 24.5 Å². The van der Waals surface area contributed by atoms with Gasteiger partial charge in [0, 0.05) is 22.5 Å². The zero-order chi connectivity index (χ0) is 27.7. The van der Waals surface area contributed by atoms with Crippen LogP contribution >= 0.6 is 11.3 Å². The molecule has 0 amide bonds. The number of hydrogen-bond donors (Lipinski definition) is 0. The fourth-order valence-electron chi connectivity index (χ4n) is 4.67. The normalized spacial score (nSPS) is 14.3. The first kappa shape index (κ1) is 26.5. The molecule has 2 aromatic heterocycles. The number of carbonyl (C=O) groups is 1. The molecule has 0 radical (unpaired) electrons. The van der Waals surface area contributed by atoms with Crippen LogP contribution in [0.5, 0.6) is 0 Å². The number of nitrogens with zero attached hydrogens (tertiary/aromatic N) is 6. The molecule has 4 aromatic rings. The molecule has 0 fully saturated rings. The van der Waals surface area contributed by atoms with Crippen LogP contribution in [0.2, 0.25) is 0 Å². The van der Waals surface area contributed by atoms with Gasteiger partial charge in [-0.3, -0.25) is 14.4 Å². The molecule has 0 saturated carbocycles. The molecule has 9 heteroatoms. The van der Waals surface area contributed by atoms with Crippen molar-refractivity contribution < 1.29 is 9.53 Å². The van der Waals surface area contributed by atoms with E-state index in [-0.39, 0.29) is 12.4 Å². The molecule has 0 spiro atoms. The summed E-state index contributed by atoms with van der Waals surface area (Å²) in [4.78, 5) is 21.2. The summed E-state index contributed by atoms with van der Waals surface area (Å²) in [6.07, 6.45) is 0.0705.